The molecule has 0 saturated carbocycles. The molecule has 0 radical (unpaired) electrons. The predicted octanol–water partition coefficient (Wildman–Crippen LogP) is 0.566. The molecule has 1 rings (SSSR count). The van der Waals surface area contributed by atoms with Crippen molar-refractivity contribution in [1.29, 1.82) is 0 Å². The topological polar surface area (TPSA) is 101 Å². The Balaban J connectivity index is 2.89. The standard InChI is InChI=1S/C12H24N4O3S/c1-3-4-5-6-7-16(8-9-17)20(18,19)12-11(13)14-10-15(12)2/h10,17H,3-9,13H2,1-2H3. The van der Waals surface area contributed by atoms with Gasteiger partial charge in [0, 0.05) is 20.1 Å². The maximum absolute atomic E-state index is 12.6. The Morgan fingerprint density at radius 3 is 2.55 bits per heavy atom. The van der Waals surface area contributed by atoms with Crippen LogP contribution in [-0.4, -0.2) is 47.1 Å². The second-order valence-corrected chi connectivity index (χ2v) is 6.59. The van der Waals surface area contributed by atoms with Crippen molar-refractivity contribution < 1.29 is 13.5 Å². The summed E-state index contributed by atoms with van der Waals surface area (Å²) in [6.07, 6.45) is 5.26. The summed E-state index contributed by atoms with van der Waals surface area (Å²) in [5.41, 5.74) is 5.64. The Morgan fingerprint density at radius 1 is 1.35 bits per heavy atom. The molecule has 7 nitrogen and oxygen atoms in total. The minimum atomic E-state index is -3.72. The zero-order chi connectivity index (χ0) is 15.2. The summed E-state index contributed by atoms with van der Waals surface area (Å²) in [5, 5.41) is 9.07. The van der Waals surface area contributed by atoms with Gasteiger partial charge in [-0.2, -0.15) is 4.31 Å². The van der Waals surface area contributed by atoms with E-state index in [0.29, 0.717) is 6.54 Å². The molecule has 0 aromatic carbocycles. The smallest absolute Gasteiger partial charge is 0.262 e. The van der Waals surface area contributed by atoms with Gasteiger partial charge < -0.3 is 15.4 Å². The van der Waals surface area contributed by atoms with Crippen LogP contribution in [0.3, 0.4) is 0 Å². The lowest BCUT2D eigenvalue weighted by molar-refractivity contribution is 0.251. The quantitative estimate of drug-likeness (QED) is 0.649. The number of sulfonamides is 1. The average molecular weight is 304 g/mol. The van der Waals surface area contributed by atoms with Crippen LogP contribution in [0.5, 0.6) is 0 Å². The molecular formula is C12H24N4O3S. The number of hydrogen-bond acceptors (Lipinski definition) is 5. The van der Waals surface area contributed by atoms with E-state index in [2.05, 4.69) is 11.9 Å². The van der Waals surface area contributed by atoms with Crippen LogP contribution >= 0.6 is 0 Å². The number of aliphatic hydroxyl groups excluding tert-OH is 1. The number of imidazole rings is 1. The van der Waals surface area contributed by atoms with Gasteiger partial charge in [-0.3, -0.25) is 0 Å². The van der Waals surface area contributed by atoms with E-state index in [0.717, 1.165) is 25.7 Å². The Hall–Kier alpha value is -1.12. The van der Waals surface area contributed by atoms with Crippen molar-refractivity contribution in [2.75, 3.05) is 25.4 Å². The molecule has 1 heterocycles. The van der Waals surface area contributed by atoms with Crippen molar-refractivity contribution in [3.8, 4) is 0 Å². The Kier molecular flexibility index (Phi) is 6.44. The number of anilines is 1. The summed E-state index contributed by atoms with van der Waals surface area (Å²) in [5.74, 6) is -0.0102. The molecule has 0 saturated heterocycles. The highest BCUT2D eigenvalue weighted by Crippen LogP contribution is 2.21. The van der Waals surface area contributed by atoms with Gasteiger partial charge in [-0.15, -0.1) is 0 Å². The summed E-state index contributed by atoms with van der Waals surface area (Å²) < 4.78 is 27.8. The third-order valence-electron chi connectivity index (χ3n) is 3.10. The van der Waals surface area contributed by atoms with Crippen LogP contribution in [0, 0.1) is 0 Å². The highest BCUT2D eigenvalue weighted by atomic mass is 32.2. The first kappa shape index (κ1) is 16.9. The van der Waals surface area contributed by atoms with Gasteiger partial charge >= 0.3 is 0 Å². The van der Waals surface area contributed by atoms with Gasteiger partial charge in [0.15, 0.2) is 10.8 Å². The molecule has 0 unspecified atom stereocenters. The molecule has 8 heteroatoms. The average Bonchev–Trinajstić information content (AvgIpc) is 2.73. The first-order valence-electron chi connectivity index (χ1n) is 6.83. The van der Waals surface area contributed by atoms with E-state index < -0.39 is 10.0 Å². The minimum Gasteiger partial charge on any atom is -0.395 e. The molecule has 0 spiro atoms. The van der Waals surface area contributed by atoms with Gasteiger partial charge in [-0.1, -0.05) is 26.2 Å². The zero-order valence-corrected chi connectivity index (χ0v) is 12.9. The van der Waals surface area contributed by atoms with Crippen LogP contribution in [0.4, 0.5) is 5.82 Å². The van der Waals surface area contributed by atoms with Gasteiger partial charge in [0.05, 0.1) is 12.9 Å². The Morgan fingerprint density at radius 2 is 2.05 bits per heavy atom. The number of rotatable bonds is 9. The summed E-state index contributed by atoms with van der Waals surface area (Å²) in [6.45, 7) is 2.33. The monoisotopic (exact) mass is 304 g/mol. The number of aryl methyl sites for hydroxylation is 1. The van der Waals surface area contributed by atoms with E-state index in [9.17, 15) is 8.42 Å². The van der Waals surface area contributed by atoms with E-state index in [1.165, 1.54) is 15.2 Å². The zero-order valence-electron chi connectivity index (χ0n) is 12.1. The van der Waals surface area contributed by atoms with Crippen molar-refractivity contribution >= 4 is 15.8 Å². The van der Waals surface area contributed by atoms with Crippen LogP contribution in [0.1, 0.15) is 32.6 Å². The van der Waals surface area contributed by atoms with Crippen molar-refractivity contribution in [3.05, 3.63) is 6.33 Å². The number of unbranched alkanes of at least 4 members (excludes halogenated alkanes) is 3. The number of nitrogens with zero attached hydrogens (tertiary/aromatic N) is 3. The second-order valence-electron chi connectivity index (χ2n) is 4.73. The third-order valence-corrected chi connectivity index (χ3v) is 5.13. The van der Waals surface area contributed by atoms with Crippen LogP contribution in [-0.2, 0) is 17.1 Å². The van der Waals surface area contributed by atoms with Gasteiger partial charge in [0.2, 0.25) is 0 Å². The van der Waals surface area contributed by atoms with E-state index in [1.807, 2.05) is 0 Å². The number of hydrogen-bond donors (Lipinski definition) is 2. The van der Waals surface area contributed by atoms with E-state index in [4.69, 9.17) is 10.8 Å². The van der Waals surface area contributed by atoms with Gasteiger partial charge in [0.25, 0.3) is 10.0 Å². The van der Waals surface area contributed by atoms with Crippen LogP contribution in [0.25, 0.3) is 0 Å². The van der Waals surface area contributed by atoms with E-state index in [1.54, 1.807) is 7.05 Å². The van der Waals surface area contributed by atoms with Crippen LogP contribution in [0.15, 0.2) is 11.4 Å². The largest absolute Gasteiger partial charge is 0.395 e. The molecule has 0 aliphatic carbocycles. The predicted molar refractivity (Wildman–Crippen MR) is 77.6 cm³/mol. The molecule has 3 N–H and O–H groups in total. The highest BCUT2D eigenvalue weighted by Gasteiger charge is 2.29. The molecule has 0 aliphatic heterocycles. The first-order valence-corrected chi connectivity index (χ1v) is 8.27. The normalized spacial score (nSPS) is 12.2. The number of nitrogens with two attached hydrogens (primary N) is 1. The first-order chi connectivity index (χ1) is 9.45. The molecule has 1 aromatic heterocycles. The van der Waals surface area contributed by atoms with Gasteiger partial charge in [0.1, 0.15) is 0 Å². The number of aromatic nitrogens is 2. The van der Waals surface area contributed by atoms with Crippen LogP contribution in [0.2, 0.25) is 0 Å². The Bertz CT molecular complexity index is 493. The van der Waals surface area contributed by atoms with E-state index in [-0.39, 0.29) is 24.0 Å². The van der Waals surface area contributed by atoms with Crippen LogP contribution < -0.4 is 5.73 Å². The number of nitrogen functional groups attached to an aromatic ring is 1. The minimum absolute atomic E-state index is 0.0102. The molecule has 20 heavy (non-hydrogen) atoms. The third kappa shape index (κ3) is 3.94. The summed E-state index contributed by atoms with van der Waals surface area (Å²) in [4.78, 5) is 3.81. The fourth-order valence-corrected chi connectivity index (χ4v) is 3.72. The fourth-order valence-electron chi connectivity index (χ4n) is 2.05. The lowest BCUT2D eigenvalue weighted by atomic mass is 10.2. The molecule has 0 aliphatic rings. The summed E-state index contributed by atoms with van der Waals surface area (Å²) in [7, 11) is -2.13. The van der Waals surface area contributed by atoms with Crippen molar-refractivity contribution in [3.63, 3.8) is 0 Å². The maximum atomic E-state index is 12.6. The lowest BCUT2D eigenvalue weighted by Crippen LogP contribution is -2.35. The van der Waals surface area contributed by atoms with Gasteiger partial charge in [-0.05, 0) is 6.42 Å². The summed E-state index contributed by atoms with van der Waals surface area (Å²) in [6, 6.07) is 0. The fraction of sp³-hybridized carbons (Fsp3) is 0.750. The molecular weight excluding hydrogens is 280 g/mol. The Labute approximate surface area is 120 Å². The maximum Gasteiger partial charge on any atom is 0.262 e. The number of aliphatic hydroxyl groups is 1. The molecule has 0 bridgehead atoms. The lowest BCUT2D eigenvalue weighted by Gasteiger charge is -2.21. The SMILES string of the molecule is CCCCCCN(CCO)S(=O)(=O)c1c(N)ncn1C. The highest BCUT2D eigenvalue weighted by molar-refractivity contribution is 7.89. The molecule has 116 valence electrons. The second kappa shape index (κ2) is 7.61. The van der Waals surface area contributed by atoms with Crippen molar-refractivity contribution in [2.24, 2.45) is 7.05 Å². The molecule has 0 atom stereocenters. The van der Waals surface area contributed by atoms with Crippen molar-refractivity contribution in [2.45, 2.75) is 37.6 Å². The molecule has 0 fully saturated rings. The summed E-state index contributed by atoms with van der Waals surface area (Å²) >= 11 is 0. The van der Waals surface area contributed by atoms with Crippen molar-refractivity contribution in [1.82, 2.24) is 13.9 Å². The molecule has 1 aromatic rings. The van der Waals surface area contributed by atoms with Gasteiger partial charge in [-0.25, -0.2) is 13.4 Å². The van der Waals surface area contributed by atoms with E-state index >= 15 is 0 Å². The molecule has 0 amide bonds.